The van der Waals surface area contributed by atoms with Crippen LogP contribution in [0.1, 0.15) is 36.0 Å². The Kier molecular flexibility index (Phi) is 3.31. The Balaban J connectivity index is 1.98. The van der Waals surface area contributed by atoms with E-state index in [1.807, 2.05) is 0 Å². The van der Waals surface area contributed by atoms with Gasteiger partial charge in [-0.25, -0.2) is 4.79 Å². The fourth-order valence-electron chi connectivity index (χ4n) is 1.82. The Morgan fingerprint density at radius 2 is 1.80 bits per heavy atom. The number of carbonyl (C=O) groups is 1. The number of hydrogen-bond donors (Lipinski definition) is 1. The molecule has 1 aliphatic carbocycles. The molecule has 0 N–H and O–H groups in total. The van der Waals surface area contributed by atoms with Crippen LogP contribution in [0.25, 0.3) is 0 Å². The molecule has 0 radical (unpaired) electrons. The van der Waals surface area contributed by atoms with Crippen molar-refractivity contribution in [1.82, 2.24) is 0 Å². The summed E-state index contributed by atoms with van der Waals surface area (Å²) in [6.45, 7) is 0. The van der Waals surface area contributed by atoms with Crippen LogP contribution in [0.5, 0.6) is 0 Å². The number of hydrogen-bond acceptors (Lipinski definition) is 3. The fraction of sp³-hybridized carbons (Fsp3) is 0.417. The second kappa shape index (κ2) is 4.71. The topological polar surface area (TPSA) is 26.3 Å². The highest BCUT2D eigenvalue weighted by Crippen LogP contribution is 2.22. The lowest BCUT2D eigenvalue weighted by molar-refractivity contribution is 0.0318. The van der Waals surface area contributed by atoms with Gasteiger partial charge in [-0.05, 0) is 49.9 Å². The Labute approximate surface area is 95.0 Å². The monoisotopic (exact) mass is 222 g/mol. The average Bonchev–Trinajstić information content (AvgIpc) is 2.71. The van der Waals surface area contributed by atoms with Gasteiger partial charge in [-0.3, -0.25) is 0 Å². The quantitative estimate of drug-likeness (QED) is 0.615. The zero-order chi connectivity index (χ0) is 10.7. The van der Waals surface area contributed by atoms with Crippen LogP contribution in [0.4, 0.5) is 0 Å². The van der Waals surface area contributed by atoms with E-state index >= 15 is 0 Å². The maximum atomic E-state index is 11.7. The maximum absolute atomic E-state index is 11.7. The second-order valence-corrected chi connectivity index (χ2v) is 4.38. The summed E-state index contributed by atoms with van der Waals surface area (Å²) in [4.78, 5) is 12.5. The van der Waals surface area contributed by atoms with E-state index in [-0.39, 0.29) is 12.1 Å². The van der Waals surface area contributed by atoms with Gasteiger partial charge in [0.15, 0.2) is 0 Å². The van der Waals surface area contributed by atoms with Crippen LogP contribution >= 0.6 is 12.6 Å². The summed E-state index contributed by atoms with van der Waals surface area (Å²) in [5.41, 5.74) is 0.611. The van der Waals surface area contributed by atoms with Crippen molar-refractivity contribution in [2.24, 2.45) is 0 Å². The minimum Gasteiger partial charge on any atom is -0.459 e. The van der Waals surface area contributed by atoms with Gasteiger partial charge >= 0.3 is 5.97 Å². The van der Waals surface area contributed by atoms with E-state index in [0.29, 0.717) is 5.56 Å². The summed E-state index contributed by atoms with van der Waals surface area (Å²) >= 11 is 4.16. The summed E-state index contributed by atoms with van der Waals surface area (Å²) in [5, 5.41) is 0. The van der Waals surface area contributed by atoms with E-state index in [9.17, 15) is 4.79 Å². The largest absolute Gasteiger partial charge is 0.459 e. The van der Waals surface area contributed by atoms with Crippen LogP contribution in [0.2, 0.25) is 0 Å². The predicted molar refractivity (Wildman–Crippen MR) is 61.4 cm³/mol. The smallest absolute Gasteiger partial charge is 0.338 e. The molecule has 3 heteroatoms. The zero-order valence-corrected chi connectivity index (χ0v) is 9.37. The highest BCUT2D eigenvalue weighted by molar-refractivity contribution is 7.80. The molecule has 0 amide bonds. The molecule has 0 atom stereocenters. The van der Waals surface area contributed by atoms with Crippen LogP contribution in [0.3, 0.4) is 0 Å². The number of carbonyl (C=O) groups excluding carboxylic acids is 1. The number of benzene rings is 1. The molecule has 1 saturated carbocycles. The number of thiol groups is 1. The first-order chi connectivity index (χ1) is 7.25. The molecule has 0 bridgehead atoms. The Morgan fingerprint density at radius 3 is 2.40 bits per heavy atom. The molecule has 0 heterocycles. The minimum atomic E-state index is -0.213. The molecule has 0 spiro atoms. The van der Waals surface area contributed by atoms with Gasteiger partial charge in [-0.1, -0.05) is 0 Å². The van der Waals surface area contributed by atoms with Crippen LogP contribution in [0.15, 0.2) is 29.2 Å². The molecule has 0 unspecified atom stereocenters. The standard InChI is InChI=1S/C12H14O2S/c13-12(14-10-3-1-2-4-10)9-5-7-11(15)8-6-9/h5-8,10,15H,1-4H2. The van der Waals surface area contributed by atoms with Gasteiger partial charge in [0.1, 0.15) is 6.10 Å². The van der Waals surface area contributed by atoms with E-state index < -0.39 is 0 Å². The summed E-state index contributed by atoms with van der Waals surface area (Å²) < 4.78 is 5.37. The number of esters is 1. The average molecular weight is 222 g/mol. The lowest BCUT2D eigenvalue weighted by atomic mass is 10.2. The molecular weight excluding hydrogens is 208 g/mol. The third-order valence-corrected chi connectivity index (χ3v) is 2.98. The van der Waals surface area contributed by atoms with Gasteiger partial charge in [0.2, 0.25) is 0 Å². The minimum absolute atomic E-state index is 0.133. The molecule has 0 aromatic heterocycles. The molecule has 2 rings (SSSR count). The first-order valence-corrected chi connectivity index (χ1v) is 5.70. The van der Waals surface area contributed by atoms with Crippen molar-refractivity contribution < 1.29 is 9.53 Å². The third kappa shape index (κ3) is 2.75. The highest BCUT2D eigenvalue weighted by Gasteiger charge is 2.19. The van der Waals surface area contributed by atoms with Crippen molar-refractivity contribution in [1.29, 1.82) is 0 Å². The van der Waals surface area contributed by atoms with Crippen molar-refractivity contribution in [2.75, 3.05) is 0 Å². The molecule has 15 heavy (non-hydrogen) atoms. The van der Waals surface area contributed by atoms with E-state index in [2.05, 4.69) is 12.6 Å². The maximum Gasteiger partial charge on any atom is 0.338 e. The van der Waals surface area contributed by atoms with E-state index in [1.54, 1.807) is 24.3 Å². The Morgan fingerprint density at radius 1 is 1.20 bits per heavy atom. The normalized spacial score (nSPS) is 16.6. The van der Waals surface area contributed by atoms with Crippen molar-refractivity contribution in [3.05, 3.63) is 29.8 Å². The van der Waals surface area contributed by atoms with Gasteiger partial charge in [-0.2, -0.15) is 0 Å². The number of rotatable bonds is 2. The molecule has 1 fully saturated rings. The lowest BCUT2D eigenvalue weighted by Crippen LogP contribution is -2.14. The zero-order valence-electron chi connectivity index (χ0n) is 8.48. The second-order valence-electron chi connectivity index (χ2n) is 3.86. The first-order valence-electron chi connectivity index (χ1n) is 5.26. The summed E-state index contributed by atoms with van der Waals surface area (Å²) in [7, 11) is 0. The first kappa shape index (κ1) is 10.6. The van der Waals surface area contributed by atoms with Crippen LogP contribution in [-0.2, 0) is 4.74 Å². The molecule has 0 aliphatic heterocycles. The molecule has 80 valence electrons. The molecule has 2 nitrogen and oxygen atoms in total. The Hall–Kier alpha value is -0.960. The molecule has 1 aromatic carbocycles. The fourth-order valence-corrected chi connectivity index (χ4v) is 1.97. The third-order valence-electron chi connectivity index (χ3n) is 2.68. The van der Waals surface area contributed by atoms with Gasteiger partial charge in [0.05, 0.1) is 5.56 Å². The Bertz CT molecular complexity index is 339. The van der Waals surface area contributed by atoms with E-state index in [1.165, 1.54) is 12.8 Å². The van der Waals surface area contributed by atoms with Crippen LogP contribution in [-0.4, -0.2) is 12.1 Å². The van der Waals surface area contributed by atoms with Gasteiger partial charge in [0.25, 0.3) is 0 Å². The van der Waals surface area contributed by atoms with Gasteiger partial charge in [-0.15, -0.1) is 12.6 Å². The number of ether oxygens (including phenoxy) is 1. The van der Waals surface area contributed by atoms with Gasteiger partial charge < -0.3 is 4.74 Å². The van der Waals surface area contributed by atoms with Crippen LogP contribution < -0.4 is 0 Å². The van der Waals surface area contributed by atoms with Crippen molar-refractivity contribution in [3.63, 3.8) is 0 Å². The summed E-state index contributed by atoms with van der Waals surface area (Å²) in [6, 6.07) is 7.10. The van der Waals surface area contributed by atoms with Crippen LogP contribution in [0, 0.1) is 0 Å². The predicted octanol–water partition coefficient (Wildman–Crippen LogP) is 3.07. The van der Waals surface area contributed by atoms with Crippen molar-refractivity contribution in [2.45, 2.75) is 36.7 Å². The van der Waals surface area contributed by atoms with E-state index in [4.69, 9.17) is 4.74 Å². The summed E-state index contributed by atoms with van der Waals surface area (Å²) in [6.07, 6.45) is 4.50. The molecule has 1 aromatic rings. The molecule has 0 saturated heterocycles. The molecule has 1 aliphatic rings. The summed E-state index contributed by atoms with van der Waals surface area (Å²) in [5.74, 6) is -0.213. The molecular formula is C12H14O2S. The highest BCUT2D eigenvalue weighted by atomic mass is 32.1. The van der Waals surface area contributed by atoms with Gasteiger partial charge in [0, 0.05) is 4.90 Å². The van der Waals surface area contributed by atoms with Crippen molar-refractivity contribution in [3.8, 4) is 0 Å². The van der Waals surface area contributed by atoms with Crippen molar-refractivity contribution >= 4 is 18.6 Å². The lowest BCUT2D eigenvalue weighted by Gasteiger charge is -2.10. The SMILES string of the molecule is O=C(OC1CCCC1)c1ccc(S)cc1. The van der Waals surface area contributed by atoms with E-state index in [0.717, 1.165) is 17.7 Å².